The molecule has 0 unspecified atom stereocenters. The Morgan fingerprint density at radius 3 is 2.96 bits per heavy atom. The first-order chi connectivity index (χ1) is 11.8. The van der Waals surface area contributed by atoms with E-state index in [-0.39, 0.29) is 17.8 Å². The standard InChI is InChI=1S/C18H27N5O.ClH/c24-17(18-7-2-1-5-15(18)13-19-14-18)23-10-4-9-22(11-12-23)16-6-3-8-20-21-16;/h3,6,8,15,19H,1-2,4-5,7,9-14H2;1H/t15-,18+;/m0./s1. The normalized spacial score (nSPS) is 29.5. The van der Waals surface area contributed by atoms with E-state index >= 15 is 0 Å². The number of anilines is 1. The lowest BCUT2D eigenvalue weighted by Crippen LogP contribution is -2.50. The summed E-state index contributed by atoms with van der Waals surface area (Å²) >= 11 is 0. The molecule has 7 heteroatoms. The molecule has 1 saturated carbocycles. The van der Waals surface area contributed by atoms with Gasteiger partial charge in [-0.25, -0.2) is 0 Å². The Morgan fingerprint density at radius 1 is 1.20 bits per heavy atom. The Balaban J connectivity index is 0.00000182. The Bertz CT molecular complexity index is 586. The number of rotatable bonds is 2. The van der Waals surface area contributed by atoms with Crippen molar-refractivity contribution in [2.75, 3.05) is 44.2 Å². The fraction of sp³-hybridized carbons (Fsp3) is 0.722. The first-order valence-electron chi connectivity index (χ1n) is 9.32. The van der Waals surface area contributed by atoms with Gasteiger partial charge in [0.15, 0.2) is 5.82 Å². The first kappa shape index (κ1) is 18.4. The number of halogens is 1. The van der Waals surface area contributed by atoms with Crippen LogP contribution in [-0.4, -0.2) is 60.3 Å². The molecular weight excluding hydrogens is 338 g/mol. The minimum atomic E-state index is -0.125. The first-order valence-corrected chi connectivity index (χ1v) is 9.32. The van der Waals surface area contributed by atoms with E-state index in [2.05, 4.69) is 25.3 Å². The van der Waals surface area contributed by atoms with Crippen molar-refractivity contribution < 1.29 is 4.79 Å². The van der Waals surface area contributed by atoms with Gasteiger partial charge in [-0.1, -0.05) is 12.8 Å². The number of nitrogens with one attached hydrogen (secondary N) is 1. The predicted octanol–water partition coefficient (Wildman–Crippen LogP) is 1.72. The van der Waals surface area contributed by atoms with Crippen molar-refractivity contribution >= 4 is 24.1 Å². The molecule has 2 aliphatic heterocycles. The highest BCUT2D eigenvalue weighted by Gasteiger charge is 2.51. The maximum atomic E-state index is 13.4. The monoisotopic (exact) mass is 365 g/mol. The van der Waals surface area contributed by atoms with Crippen LogP contribution in [0.25, 0.3) is 0 Å². The second-order valence-corrected chi connectivity index (χ2v) is 7.44. The van der Waals surface area contributed by atoms with Crippen LogP contribution in [0.5, 0.6) is 0 Å². The molecule has 0 radical (unpaired) electrons. The summed E-state index contributed by atoms with van der Waals surface area (Å²) in [5.74, 6) is 1.86. The molecule has 1 N–H and O–H groups in total. The zero-order valence-corrected chi connectivity index (χ0v) is 15.5. The number of carbonyl (C=O) groups excluding carboxylic acids is 1. The number of nitrogens with zero attached hydrogens (tertiary/aromatic N) is 4. The fourth-order valence-corrected chi connectivity index (χ4v) is 4.79. The lowest BCUT2D eigenvalue weighted by molar-refractivity contribution is -0.145. The highest BCUT2D eigenvalue weighted by Crippen LogP contribution is 2.45. The summed E-state index contributed by atoms with van der Waals surface area (Å²) in [6.45, 7) is 5.34. The van der Waals surface area contributed by atoms with Crippen LogP contribution in [0.15, 0.2) is 18.3 Å². The van der Waals surface area contributed by atoms with Crippen LogP contribution in [0, 0.1) is 11.3 Å². The van der Waals surface area contributed by atoms with Crippen molar-refractivity contribution in [3.63, 3.8) is 0 Å². The number of fused-ring (bicyclic) bond motifs is 1. The molecule has 25 heavy (non-hydrogen) atoms. The second-order valence-electron chi connectivity index (χ2n) is 7.44. The van der Waals surface area contributed by atoms with Gasteiger partial charge in [-0.2, -0.15) is 5.10 Å². The van der Waals surface area contributed by atoms with Crippen LogP contribution in [-0.2, 0) is 4.79 Å². The lowest BCUT2D eigenvalue weighted by atomic mass is 9.67. The van der Waals surface area contributed by atoms with Gasteiger partial charge in [0.2, 0.25) is 5.91 Å². The van der Waals surface area contributed by atoms with Crippen molar-refractivity contribution in [1.82, 2.24) is 20.4 Å². The molecule has 3 heterocycles. The Hall–Kier alpha value is -1.40. The number of amides is 1. The second kappa shape index (κ2) is 7.87. The molecule has 0 bridgehead atoms. The molecule has 2 saturated heterocycles. The summed E-state index contributed by atoms with van der Waals surface area (Å²) in [5, 5.41) is 11.7. The van der Waals surface area contributed by atoms with Gasteiger partial charge < -0.3 is 15.1 Å². The van der Waals surface area contributed by atoms with Gasteiger partial charge in [-0.05, 0) is 43.9 Å². The molecule has 138 valence electrons. The van der Waals surface area contributed by atoms with E-state index in [1.807, 2.05) is 12.1 Å². The summed E-state index contributed by atoms with van der Waals surface area (Å²) in [4.78, 5) is 17.8. The smallest absolute Gasteiger partial charge is 0.230 e. The van der Waals surface area contributed by atoms with Crippen LogP contribution in [0.4, 0.5) is 5.82 Å². The minimum absolute atomic E-state index is 0. The average Bonchev–Trinajstić information content (AvgIpc) is 2.93. The average molecular weight is 366 g/mol. The summed E-state index contributed by atoms with van der Waals surface area (Å²) in [6.07, 6.45) is 7.45. The summed E-state index contributed by atoms with van der Waals surface area (Å²) in [7, 11) is 0. The van der Waals surface area contributed by atoms with Crippen LogP contribution in [0.3, 0.4) is 0 Å². The predicted molar refractivity (Wildman–Crippen MR) is 100.0 cm³/mol. The van der Waals surface area contributed by atoms with Crippen LogP contribution in [0.1, 0.15) is 32.1 Å². The van der Waals surface area contributed by atoms with Crippen LogP contribution >= 0.6 is 12.4 Å². The molecule has 0 aromatic carbocycles. The number of carbonyl (C=O) groups is 1. The van der Waals surface area contributed by atoms with Gasteiger partial charge in [0.05, 0.1) is 5.41 Å². The molecule has 1 amide bonds. The Kier molecular flexibility index (Phi) is 5.79. The largest absolute Gasteiger partial charge is 0.353 e. The summed E-state index contributed by atoms with van der Waals surface area (Å²) in [6, 6.07) is 3.92. The molecule has 3 fully saturated rings. The van der Waals surface area contributed by atoms with E-state index in [4.69, 9.17) is 0 Å². The van der Waals surface area contributed by atoms with E-state index in [0.717, 1.165) is 57.9 Å². The van der Waals surface area contributed by atoms with Gasteiger partial charge in [-0.3, -0.25) is 4.79 Å². The third kappa shape index (κ3) is 3.47. The highest BCUT2D eigenvalue weighted by molar-refractivity contribution is 5.85. The molecule has 3 aliphatic rings. The van der Waals surface area contributed by atoms with Crippen molar-refractivity contribution in [1.29, 1.82) is 0 Å². The Morgan fingerprint density at radius 2 is 2.12 bits per heavy atom. The third-order valence-corrected chi connectivity index (χ3v) is 6.13. The molecular formula is C18H28ClN5O. The number of aromatic nitrogens is 2. The molecule has 1 aromatic rings. The maximum Gasteiger partial charge on any atom is 0.230 e. The number of hydrogen-bond acceptors (Lipinski definition) is 5. The molecule has 4 rings (SSSR count). The maximum absolute atomic E-state index is 13.4. The van der Waals surface area contributed by atoms with Crippen molar-refractivity contribution in [2.45, 2.75) is 32.1 Å². The van der Waals surface area contributed by atoms with E-state index < -0.39 is 0 Å². The van der Waals surface area contributed by atoms with E-state index in [9.17, 15) is 4.79 Å². The van der Waals surface area contributed by atoms with Gasteiger partial charge in [0.25, 0.3) is 0 Å². The van der Waals surface area contributed by atoms with Gasteiger partial charge >= 0.3 is 0 Å². The quantitative estimate of drug-likeness (QED) is 0.864. The van der Waals surface area contributed by atoms with Gasteiger partial charge in [0, 0.05) is 38.9 Å². The highest BCUT2D eigenvalue weighted by atomic mass is 35.5. The van der Waals surface area contributed by atoms with Gasteiger partial charge in [-0.15, -0.1) is 17.5 Å². The van der Waals surface area contributed by atoms with E-state index in [1.54, 1.807) is 6.20 Å². The van der Waals surface area contributed by atoms with E-state index in [1.165, 1.54) is 19.3 Å². The third-order valence-electron chi connectivity index (χ3n) is 6.13. The van der Waals surface area contributed by atoms with Gasteiger partial charge in [0.1, 0.15) is 0 Å². The molecule has 2 atom stereocenters. The van der Waals surface area contributed by atoms with Crippen molar-refractivity contribution in [2.24, 2.45) is 11.3 Å². The topological polar surface area (TPSA) is 61.4 Å². The minimum Gasteiger partial charge on any atom is -0.353 e. The van der Waals surface area contributed by atoms with Crippen LogP contribution < -0.4 is 10.2 Å². The molecule has 0 spiro atoms. The van der Waals surface area contributed by atoms with Crippen LogP contribution in [0.2, 0.25) is 0 Å². The van der Waals surface area contributed by atoms with Crippen molar-refractivity contribution in [3.05, 3.63) is 18.3 Å². The molecule has 6 nitrogen and oxygen atoms in total. The SMILES string of the molecule is Cl.O=C(N1CCCN(c2cccnn2)CC1)[C@@]12CCCC[C@H]1CNC2. The van der Waals surface area contributed by atoms with E-state index in [0.29, 0.717) is 11.8 Å². The van der Waals surface area contributed by atoms with Crippen molar-refractivity contribution in [3.8, 4) is 0 Å². The number of hydrogen-bond donors (Lipinski definition) is 1. The molecule has 1 aromatic heterocycles. The zero-order valence-electron chi connectivity index (χ0n) is 14.7. The fourth-order valence-electron chi connectivity index (χ4n) is 4.79. The molecule has 1 aliphatic carbocycles. The lowest BCUT2D eigenvalue weighted by Gasteiger charge is -2.40. The Labute approximate surface area is 155 Å². The summed E-state index contributed by atoms with van der Waals surface area (Å²) < 4.78 is 0. The summed E-state index contributed by atoms with van der Waals surface area (Å²) in [5.41, 5.74) is -0.125. The zero-order chi connectivity index (χ0) is 16.4.